The fraction of sp³-hybridized carbons (Fsp3) is 0.500. The Hall–Kier alpha value is -1.44. The first-order chi connectivity index (χ1) is 7.41. The number of carbonyl (C=O) groups is 1. The van der Waals surface area contributed by atoms with Gasteiger partial charge in [-0.05, 0) is 0 Å². The van der Waals surface area contributed by atoms with Crippen LogP contribution in [0, 0.1) is 0 Å². The molecule has 1 aromatic heterocycles. The van der Waals surface area contributed by atoms with Crippen LogP contribution in [0.3, 0.4) is 0 Å². The molecule has 0 aromatic carbocycles. The predicted octanol–water partition coefficient (Wildman–Crippen LogP) is 0.786. The van der Waals surface area contributed by atoms with Crippen molar-refractivity contribution in [1.29, 1.82) is 0 Å². The molecule has 5 nitrogen and oxygen atoms in total. The lowest BCUT2D eigenvalue weighted by Gasteiger charge is -2.05. The molecule has 8 heteroatoms. The van der Waals surface area contributed by atoms with Crippen LogP contribution in [-0.4, -0.2) is 38.0 Å². The first-order valence-corrected chi connectivity index (χ1v) is 5.23. The molecule has 1 heterocycles. The van der Waals surface area contributed by atoms with E-state index in [0.717, 1.165) is 11.3 Å². The molecule has 1 rings (SSSR count). The summed E-state index contributed by atoms with van der Waals surface area (Å²) in [6.45, 7) is -0.687. The second kappa shape index (κ2) is 5.06. The Morgan fingerprint density at radius 2 is 2.25 bits per heavy atom. The molecule has 0 atom stereocenters. The van der Waals surface area contributed by atoms with Crippen LogP contribution in [0.5, 0.6) is 0 Å². The molecule has 0 spiro atoms. The van der Waals surface area contributed by atoms with Crippen molar-refractivity contribution in [2.45, 2.75) is 6.43 Å². The van der Waals surface area contributed by atoms with Crippen LogP contribution >= 0.6 is 11.3 Å². The van der Waals surface area contributed by atoms with Gasteiger partial charge in [-0.25, -0.2) is 13.8 Å². The molecule has 0 saturated heterocycles. The number of carbonyl (C=O) groups excluding carboxylic acids is 1. The Balaban J connectivity index is 2.75. The maximum atomic E-state index is 11.9. The maximum absolute atomic E-state index is 11.9. The average Bonchev–Trinajstić information content (AvgIpc) is 2.57. The summed E-state index contributed by atoms with van der Waals surface area (Å²) in [7, 11) is 3.50. The van der Waals surface area contributed by atoms with Crippen LogP contribution in [-0.2, 0) is 0 Å². The first kappa shape index (κ1) is 12.6. The predicted molar refractivity (Wildman–Crippen MR) is 59.2 cm³/mol. The van der Waals surface area contributed by atoms with Crippen LogP contribution in [0.2, 0.25) is 0 Å². The lowest BCUT2D eigenvalue weighted by molar-refractivity contribution is 0.0896. The van der Waals surface area contributed by atoms with Gasteiger partial charge in [-0.1, -0.05) is 11.3 Å². The number of hydrogen-bond acceptors (Lipinski definition) is 5. The van der Waals surface area contributed by atoms with Gasteiger partial charge in [0.1, 0.15) is 10.7 Å². The quantitative estimate of drug-likeness (QED) is 0.828. The van der Waals surface area contributed by atoms with Gasteiger partial charge in [0, 0.05) is 14.1 Å². The van der Waals surface area contributed by atoms with Gasteiger partial charge in [0.15, 0.2) is 5.13 Å². The number of rotatable bonds is 4. The summed E-state index contributed by atoms with van der Waals surface area (Å²) in [5.74, 6) is -0.566. The summed E-state index contributed by atoms with van der Waals surface area (Å²) in [5.41, 5.74) is 5.51. The molecule has 0 radical (unpaired) electrons. The van der Waals surface area contributed by atoms with E-state index in [1.165, 1.54) is 0 Å². The van der Waals surface area contributed by atoms with Crippen molar-refractivity contribution in [3.63, 3.8) is 0 Å². The maximum Gasteiger partial charge on any atom is 0.265 e. The summed E-state index contributed by atoms with van der Waals surface area (Å²) < 4.78 is 23.8. The topological polar surface area (TPSA) is 71.2 Å². The highest BCUT2D eigenvalue weighted by atomic mass is 32.1. The molecular weight excluding hydrogens is 238 g/mol. The SMILES string of the molecule is CN(C)c1nc(N)c(C(=O)NCC(F)F)s1. The van der Waals surface area contributed by atoms with Crippen LogP contribution < -0.4 is 16.0 Å². The Labute approximate surface area is 95.3 Å². The van der Waals surface area contributed by atoms with Gasteiger partial charge in [-0.2, -0.15) is 0 Å². The number of nitrogens with one attached hydrogen (secondary N) is 1. The second-order valence-corrected chi connectivity index (χ2v) is 4.18. The summed E-state index contributed by atoms with van der Waals surface area (Å²) in [4.78, 5) is 17.2. The van der Waals surface area contributed by atoms with Crippen molar-refractivity contribution in [3.05, 3.63) is 4.88 Å². The summed E-state index contributed by atoms with van der Waals surface area (Å²) in [6.07, 6.45) is -2.58. The van der Waals surface area contributed by atoms with Gasteiger partial charge < -0.3 is 16.0 Å². The third kappa shape index (κ3) is 3.02. The van der Waals surface area contributed by atoms with Gasteiger partial charge in [0.2, 0.25) is 0 Å². The smallest absolute Gasteiger partial charge is 0.265 e. The Bertz CT molecular complexity index is 380. The lowest BCUT2D eigenvalue weighted by atomic mass is 10.4. The number of nitrogen functional groups attached to an aromatic ring is 1. The highest BCUT2D eigenvalue weighted by Gasteiger charge is 2.17. The van der Waals surface area contributed by atoms with E-state index in [-0.39, 0.29) is 10.7 Å². The van der Waals surface area contributed by atoms with Crippen LogP contribution in [0.1, 0.15) is 9.67 Å². The van der Waals surface area contributed by atoms with Gasteiger partial charge in [0.25, 0.3) is 12.3 Å². The zero-order valence-electron chi connectivity index (χ0n) is 8.83. The van der Waals surface area contributed by atoms with Crippen molar-refractivity contribution in [2.75, 3.05) is 31.3 Å². The standard InChI is InChI=1S/C8H12F2N4OS/c1-14(2)8-13-6(11)5(16-8)7(15)12-3-4(9)10/h4H,3,11H2,1-2H3,(H,12,15). The Morgan fingerprint density at radius 1 is 1.62 bits per heavy atom. The average molecular weight is 250 g/mol. The zero-order valence-corrected chi connectivity index (χ0v) is 9.65. The zero-order chi connectivity index (χ0) is 12.3. The highest BCUT2D eigenvalue weighted by Crippen LogP contribution is 2.26. The van der Waals surface area contributed by atoms with Gasteiger partial charge in [0.05, 0.1) is 6.54 Å². The molecular formula is C8H12F2N4OS. The molecule has 1 aromatic rings. The van der Waals surface area contributed by atoms with E-state index >= 15 is 0 Å². The molecule has 0 aliphatic rings. The van der Waals surface area contributed by atoms with Crippen molar-refractivity contribution in [2.24, 2.45) is 0 Å². The first-order valence-electron chi connectivity index (χ1n) is 4.41. The molecule has 0 bridgehead atoms. The number of hydrogen-bond donors (Lipinski definition) is 2. The number of alkyl halides is 2. The monoisotopic (exact) mass is 250 g/mol. The van der Waals surface area contributed by atoms with Gasteiger partial charge in [-0.3, -0.25) is 4.79 Å². The van der Waals surface area contributed by atoms with E-state index in [4.69, 9.17) is 5.73 Å². The van der Waals surface area contributed by atoms with Crippen molar-refractivity contribution < 1.29 is 13.6 Å². The highest BCUT2D eigenvalue weighted by molar-refractivity contribution is 7.18. The van der Waals surface area contributed by atoms with E-state index in [2.05, 4.69) is 10.3 Å². The Kier molecular flexibility index (Phi) is 3.99. The molecule has 3 N–H and O–H groups in total. The summed E-state index contributed by atoms with van der Waals surface area (Å²) in [6, 6.07) is 0. The lowest BCUT2D eigenvalue weighted by Crippen LogP contribution is -2.28. The van der Waals surface area contributed by atoms with E-state index in [9.17, 15) is 13.6 Å². The molecule has 0 aliphatic carbocycles. The fourth-order valence-electron chi connectivity index (χ4n) is 0.924. The molecule has 0 unspecified atom stereocenters. The molecule has 16 heavy (non-hydrogen) atoms. The number of halogens is 2. The molecule has 0 aliphatic heterocycles. The third-order valence-electron chi connectivity index (χ3n) is 1.65. The molecule has 0 fully saturated rings. The van der Waals surface area contributed by atoms with Crippen LogP contribution in [0.25, 0.3) is 0 Å². The minimum absolute atomic E-state index is 0.0560. The molecule has 0 saturated carbocycles. The third-order valence-corrected chi connectivity index (χ3v) is 2.89. The minimum Gasteiger partial charge on any atom is -0.382 e. The molecule has 1 amide bonds. The van der Waals surface area contributed by atoms with Crippen LogP contribution in [0.4, 0.5) is 19.7 Å². The van der Waals surface area contributed by atoms with Crippen molar-refractivity contribution in [1.82, 2.24) is 10.3 Å². The number of nitrogens with two attached hydrogens (primary N) is 1. The van der Waals surface area contributed by atoms with Crippen LogP contribution in [0.15, 0.2) is 0 Å². The number of thiazole rings is 1. The van der Waals surface area contributed by atoms with E-state index in [1.807, 2.05) is 0 Å². The van der Waals surface area contributed by atoms with E-state index in [0.29, 0.717) is 5.13 Å². The largest absolute Gasteiger partial charge is 0.382 e. The number of nitrogens with zero attached hydrogens (tertiary/aromatic N) is 2. The molecule has 90 valence electrons. The second-order valence-electron chi connectivity index (χ2n) is 3.21. The van der Waals surface area contributed by atoms with E-state index < -0.39 is 18.9 Å². The number of anilines is 2. The number of amides is 1. The van der Waals surface area contributed by atoms with Crippen molar-refractivity contribution in [3.8, 4) is 0 Å². The Morgan fingerprint density at radius 3 is 2.69 bits per heavy atom. The minimum atomic E-state index is -2.58. The summed E-state index contributed by atoms with van der Waals surface area (Å²) >= 11 is 1.06. The normalized spacial score (nSPS) is 10.6. The number of aromatic nitrogens is 1. The van der Waals surface area contributed by atoms with Crippen molar-refractivity contribution >= 4 is 28.2 Å². The van der Waals surface area contributed by atoms with Gasteiger partial charge in [-0.15, -0.1) is 0 Å². The van der Waals surface area contributed by atoms with E-state index in [1.54, 1.807) is 19.0 Å². The fourth-order valence-corrected chi connectivity index (χ4v) is 1.75. The summed E-state index contributed by atoms with van der Waals surface area (Å²) in [5, 5.41) is 2.63. The van der Waals surface area contributed by atoms with Gasteiger partial charge >= 0.3 is 0 Å².